The predicted octanol–water partition coefficient (Wildman–Crippen LogP) is 4.03. The summed E-state index contributed by atoms with van der Waals surface area (Å²) in [5.74, 6) is -0.470. The lowest BCUT2D eigenvalue weighted by Crippen LogP contribution is -2.09. The molecule has 0 amide bonds. The van der Waals surface area contributed by atoms with Crippen LogP contribution >= 0.6 is 0 Å². The van der Waals surface area contributed by atoms with Crippen LogP contribution in [-0.4, -0.2) is 11.1 Å². The number of aromatic nitrogens is 1. The number of anilines is 1. The molecule has 0 saturated heterocycles. The largest absolute Gasteiger partial charge is 0.383 e. The van der Waals surface area contributed by atoms with Crippen LogP contribution in [0.2, 0.25) is 0 Å². The summed E-state index contributed by atoms with van der Waals surface area (Å²) in [7, 11) is 0. The van der Waals surface area contributed by atoms with E-state index in [9.17, 15) is 8.78 Å². The maximum atomic E-state index is 13.6. The third-order valence-corrected chi connectivity index (χ3v) is 3.27. The first-order valence-electron chi connectivity index (χ1n) is 6.47. The van der Waals surface area contributed by atoms with Crippen LogP contribution in [-0.2, 0) is 6.54 Å². The Labute approximate surface area is 115 Å². The molecule has 0 radical (unpaired) electrons. The fourth-order valence-electron chi connectivity index (χ4n) is 2.30. The lowest BCUT2D eigenvalue weighted by atomic mass is 10.2. The van der Waals surface area contributed by atoms with Gasteiger partial charge in [-0.05, 0) is 36.4 Å². The van der Waals surface area contributed by atoms with E-state index in [0.717, 1.165) is 11.2 Å². The van der Waals surface area contributed by atoms with E-state index in [1.54, 1.807) is 18.2 Å². The summed E-state index contributed by atoms with van der Waals surface area (Å²) < 4.78 is 28.6. The van der Waals surface area contributed by atoms with Gasteiger partial charge in [-0.25, -0.2) is 8.78 Å². The fraction of sp³-hybridized carbons (Fsp3) is 0.125. The van der Waals surface area contributed by atoms with Gasteiger partial charge in [-0.1, -0.05) is 12.1 Å². The molecule has 0 atom stereocenters. The molecule has 3 rings (SSSR count). The molecule has 0 saturated carbocycles. The Bertz CT molecular complexity index is 734. The van der Waals surface area contributed by atoms with E-state index in [0.29, 0.717) is 18.5 Å². The normalized spacial score (nSPS) is 10.9. The minimum atomic E-state index is -0.261. The van der Waals surface area contributed by atoms with Gasteiger partial charge in [0, 0.05) is 30.4 Å². The van der Waals surface area contributed by atoms with Crippen LogP contribution < -0.4 is 5.32 Å². The third kappa shape index (κ3) is 2.50. The van der Waals surface area contributed by atoms with Crippen molar-refractivity contribution in [3.63, 3.8) is 0 Å². The summed E-state index contributed by atoms with van der Waals surface area (Å²) in [6, 6.07) is 13.2. The molecule has 1 heterocycles. The van der Waals surface area contributed by atoms with E-state index >= 15 is 0 Å². The van der Waals surface area contributed by atoms with Gasteiger partial charge in [-0.3, -0.25) is 0 Å². The van der Waals surface area contributed by atoms with Crippen molar-refractivity contribution in [2.24, 2.45) is 0 Å². The molecule has 0 aliphatic heterocycles. The van der Waals surface area contributed by atoms with Crippen molar-refractivity contribution in [2.45, 2.75) is 6.54 Å². The molecule has 0 aliphatic carbocycles. The number of halogens is 2. The van der Waals surface area contributed by atoms with Crippen LogP contribution in [0.3, 0.4) is 0 Å². The van der Waals surface area contributed by atoms with Gasteiger partial charge in [0.1, 0.15) is 11.6 Å². The number of fused-ring (bicyclic) bond motifs is 1. The zero-order valence-corrected chi connectivity index (χ0v) is 10.8. The molecule has 0 aliphatic rings. The van der Waals surface area contributed by atoms with Gasteiger partial charge in [-0.2, -0.15) is 0 Å². The number of hydrogen-bond donors (Lipinski definition) is 1. The summed E-state index contributed by atoms with van der Waals surface area (Å²) >= 11 is 0. The third-order valence-electron chi connectivity index (χ3n) is 3.27. The first-order valence-corrected chi connectivity index (χ1v) is 6.47. The smallest absolute Gasteiger partial charge is 0.132 e. The molecule has 0 fully saturated rings. The standard InChI is InChI=1S/C16H14F2N2/c17-12-3-1-4-13(11-12)19-8-10-20-9-7-14-15(18)5-2-6-16(14)20/h1-7,9,11,19H,8,10H2. The minimum Gasteiger partial charge on any atom is -0.383 e. The average molecular weight is 272 g/mol. The van der Waals surface area contributed by atoms with Crippen molar-refractivity contribution in [2.75, 3.05) is 11.9 Å². The highest BCUT2D eigenvalue weighted by atomic mass is 19.1. The second-order valence-corrected chi connectivity index (χ2v) is 4.62. The molecule has 0 bridgehead atoms. The number of hydrogen-bond acceptors (Lipinski definition) is 1. The molecule has 0 spiro atoms. The second kappa shape index (κ2) is 5.33. The zero-order chi connectivity index (χ0) is 13.9. The number of rotatable bonds is 4. The second-order valence-electron chi connectivity index (χ2n) is 4.62. The highest BCUT2D eigenvalue weighted by molar-refractivity contribution is 5.80. The van der Waals surface area contributed by atoms with Crippen molar-refractivity contribution in [1.82, 2.24) is 4.57 Å². The Kier molecular flexibility index (Phi) is 3.37. The predicted molar refractivity (Wildman–Crippen MR) is 76.8 cm³/mol. The van der Waals surface area contributed by atoms with Crippen molar-refractivity contribution >= 4 is 16.6 Å². The van der Waals surface area contributed by atoms with Gasteiger partial charge in [0.2, 0.25) is 0 Å². The molecular weight excluding hydrogens is 258 g/mol. The van der Waals surface area contributed by atoms with Gasteiger partial charge in [-0.15, -0.1) is 0 Å². The van der Waals surface area contributed by atoms with Crippen LogP contribution in [0.1, 0.15) is 0 Å². The van der Waals surface area contributed by atoms with Crippen molar-refractivity contribution in [3.8, 4) is 0 Å². The summed E-state index contributed by atoms with van der Waals surface area (Å²) in [5, 5.41) is 3.77. The van der Waals surface area contributed by atoms with E-state index in [4.69, 9.17) is 0 Å². The quantitative estimate of drug-likeness (QED) is 0.758. The Morgan fingerprint density at radius 1 is 1.00 bits per heavy atom. The van der Waals surface area contributed by atoms with Gasteiger partial charge in [0.05, 0.1) is 5.52 Å². The van der Waals surface area contributed by atoms with Crippen LogP contribution in [0.5, 0.6) is 0 Å². The minimum absolute atomic E-state index is 0.209. The van der Waals surface area contributed by atoms with Gasteiger partial charge >= 0.3 is 0 Å². The highest BCUT2D eigenvalue weighted by Crippen LogP contribution is 2.18. The van der Waals surface area contributed by atoms with Crippen molar-refractivity contribution in [1.29, 1.82) is 0 Å². The van der Waals surface area contributed by atoms with Crippen LogP contribution in [0.4, 0.5) is 14.5 Å². The van der Waals surface area contributed by atoms with Crippen LogP contribution in [0.15, 0.2) is 54.7 Å². The number of nitrogens with zero attached hydrogens (tertiary/aromatic N) is 1. The van der Waals surface area contributed by atoms with E-state index < -0.39 is 0 Å². The fourth-order valence-corrected chi connectivity index (χ4v) is 2.30. The maximum absolute atomic E-state index is 13.6. The number of benzene rings is 2. The van der Waals surface area contributed by atoms with Gasteiger partial charge in [0.15, 0.2) is 0 Å². The molecule has 2 nitrogen and oxygen atoms in total. The van der Waals surface area contributed by atoms with E-state index in [1.807, 2.05) is 22.9 Å². The molecular formula is C16H14F2N2. The van der Waals surface area contributed by atoms with Gasteiger partial charge in [0.25, 0.3) is 0 Å². The summed E-state index contributed by atoms with van der Waals surface area (Å²) in [6.07, 6.45) is 1.86. The first-order chi connectivity index (χ1) is 9.74. The maximum Gasteiger partial charge on any atom is 0.132 e. The summed E-state index contributed by atoms with van der Waals surface area (Å²) in [4.78, 5) is 0. The molecule has 1 N–H and O–H groups in total. The lowest BCUT2D eigenvalue weighted by Gasteiger charge is -2.08. The summed E-state index contributed by atoms with van der Waals surface area (Å²) in [6.45, 7) is 1.33. The van der Waals surface area contributed by atoms with E-state index in [-0.39, 0.29) is 11.6 Å². The topological polar surface area (TPSA) is 17.0 Å². The van der Waals surface area contributed by atoms with Crippen molar-refractivity contribution < 1.29 is 8.78 Å². The Balaban J connectivity index is 1.70. The van der Waals surface area contributed by atoms with Gasteiger partial charge < -0.3 is 9.88 Å². The molecule has 2 aromatic carbocycles. The lowest BCUT2D eigenvalue weighted by molar-refractivity contribution is 0.628. The molecule has 3 aromatic rings. The Morgan fingerprint density at radius 3 is 2.70 bits per heavy atom. The SMILES string of the molecule is Fc1cccc(NCCn2ccc3c(F)cccc32)c1. The van der Waals surface area contributed by atoms with E-state index in [1.165, 1.54) is 18.2 Å². The van der Waals surface area contributed by atoms with E-state index in [2.05, 4.69) is 5.32 Å². The first kappa shape index (κ1) is 12.7. The molecule has 102 valence electrons. The highest BCUT2D eigenvalue weighted by Gasteiger charge is 2.04. The number of nitrogens with one attached hydrogen (secondary N) is 1. The van der Waals surface area contributed by atoms with Crippen molar-refractivity contribution in [3.05, 3.63) is 66.4 Å². The average Bonchev–Trinajstić information content (AvgIpc) is 2.84. The Morgan fingerprint density at radius 2 is 1.85 bits per heavy atom. The molecule has 4 heteroatoms. The summed E-state index contributed by atoms with van der Waals surface area (Å²) in [5.41, 5.74) is 1.61. The molecule has 20 heavy (non-hydrogen) atoms. The molecule has 1 aromatic heterocycles. The zero-order valence-electron chi connectivity index (χ0n) is 10.8. The molecule has 0 unspecified atom stereocenters. The van der Waals surface area contributed by atoms with Crippen LogP contribution in [0, 0.1) is 11.6 Å². The Hall–Kier alpha value is -2.36. The monoisotopic (exact) mass is 272 g/mol. The van der Waals surface area contributed by atoms with Crippen LogP contribution in [0.25, 0.3) is 10.9 Å².